The maximum Gasteiger partial charge on any atom is 0.227 e. The number of nitrogens with zero attached hydrogens (tertiary/aromatic N) is 4. The number of nitrogens with two attached hydrogens (primary N) is 1. The molecule has 9 nitrogen and oxygen atoms in total. The van der Waals surface area contributed by atoms with E-state index in [1.54, 1.807) is 12.1 Å². The van der Waals surface area contributed by atoms with Gasteiger partial charge in [0.2, 0.25) is 5.95 Å². The first-order valence-corrected chi connectivity index (χ1v) is 12.6. The summed E-state index contributed by atoms with van der Waals surface area (Å²) in [6.45, 7) is 4.52. The van der Waals surface area contributed by atoms with Crippen molar-refractivity contribution in [2.24, 2.45) is 0 Å². The number of nitrogen functional groups attached to an aromatic ring is 1. The lowest BCUT2D eigenvalue weighted by Gasteiger charge is -2.43. The molecule has 196 valence electrons. The molecule has 5 N–H and O–H groups in total. The summed E-state index contributed by atoms with van der Waals surface area (Å²) in [6.07, 6.45) is 3.08. The number of aromatic nitrogens is 2. The van der Waals surface area contributed by atoms with Crippen molar-refractivity contribution in [3.8, 4) is 5.75 Å². The van der Waals surface area contributed by atoms with Gasteiger partial charge >= 0.3 is 0 Å². The Labute approximate surface area is 216 Å². The highest BCUT2D eigenvalue weighted by molar-refractivity contribution is 5.66. The van der Waals surface area contributed by atoms with Crippen LogP contribution in [0.15, 0.2) is 42.6 Å². The smallest absolute Gasteiger partial charge is 0.227 e. The van der Waals surface area contributed by atoms with Crippen LogP contribution in [0.4, 0.5) is 27.4 Å². The van der Waals surface area contributed by atoms with E-state index in [2.05, 4.69) is 32.3 Å². The Bertz CT molecular complexity index is 1270. The average Bonchev–Trinajstić information content (AvgIpc) is 3.33. The van der Waals surface area contributed by atoms with Crippen molar-refractivity contribution in [1.82, 2.24) is 19.8 Å². The van der Waals surface area contributed by atoms with Crippen molar-refractivity contribution in [2.45, 2.75) is 51.2 Å². The molecule has 0 amide bonds. The van der Waals surface area contributed by atoms with Gasteiger partial charge in [-0.2, -0.15) is 0 Å². The van der Waals surface area contributed by atoms with Gasteiger partial charge in [-0.25, -0.2) is 14.4 Å². The van der Waals surface area contributed by atoms with Gasteiger partial charge in [0.1, 0.15) is 6.23 Å². The molecule has 0 saturated carbocycles. The average molecular weight is 508 g/mol. The highest BCUT2D eigenvalue weighted by Crippen LogP contribution is 2.34. The summed E-state index contributed by atoms with van der Waals surface area (Å²) in [6, 6.07) is 10.9. The molecular formula is C27H34FN7O2. The van der Waals surface area contributed by atoms with Crippen LogP contribution in [-0.2, 0) is 13.1 Å². The van der Waals surface area contributed by atoms with Gasteiger partial charge in [-0.3, -0.25) is 9.80 Å². The summed E-state index contributed by atoms with van der Waals surface area (Å²) in [5.74, 6) is 0.229. The largest absolute Gasteiger partial charge is 0.494 e. The van der Waals surface area contributed by atoms with Gasteiger partial charge in [0.05, 0.1) is 24.2 Å². The highest BCUT2D eigenvalue weighted by atomic mass is 19.1. The Morgan fingerprint density at radius 2 is 2.05 bits per heavy atom. The molecule has 1 saturated heterocycles. The lowest BCUT2D eigenvalue weighted by atomic mass is 9.95. The van der Waals surface area contributed by atoms with Gasteiger partial charge in [0.15, 0.2) is 11.6 Å². The maximum atomic E-state index is 13.7. The monoisotopic (exact) mass is 507 g/mol. The zero-order valence-corrected chi connectivity index (χ0v) is 21.4. The number of benzene rings is 2. The van der Waals surface area contributed by atoms with Crippen LogP contribution >= 0.6 is 0 Å². The van der Waals surface area contributed by atoms with Crippen molar-refractivity contribution < 1.29 is 14.2 Å². The van der Waals surface area contributed by atoms with E-state index in [1.807, 2.05) is 31.4 Å². The molecule has 3 atom stereocenters. The second-order valence-corrected chi connectivity index (χ2v) is 9.78. The summed E-state index contributed by atoms with van der Waals surface area (Å²) < 4.78 is 18.8. The van der Waals surface area contributed by atoms with Crippen LogP contribution < -0.4 is 21.1 Å². The molecule has 3 heterocycles. The zero-order chi connectivity index (χ0) is 26.1. The minimum absolute atomic E-state index is 0.168. The molecule has 10 heteroatoms. The fourth-order valence-electron chi connectivity index (χ4n) is 5.38. The number of methoxy groups -OCH3 is 1. The number of fused-ring (bicyclic) bond motifs is 1. The number of aliphatic hydroxyl groups excluding tert-OH is 1. The first-order valence-electron chi connectivity index (χ1n) is 12.6. The van der Waals surface area contributed by atoms with E-state index >= 15 is 0 Å². The van der Waals surface area contributed by atoms with E-state index in [9.17, 15) is 9.50 Å². The van der Waals surface area contributed by atoms with Crippen molar-refractivity contribution in [1.29, 1.82) is 0 Å². The van der Waals surface area contributed by atoms with Crippen LogP contribution in [0.3, 0.4) is 0 Å². The zero-order valence-electron chi connectivity index (χ0n) is 21.4. The van der Waals surface area contributed by atoms with E-state index in [0.29, 0.717) is 23.4 Å². The molecular weight excluding hydrogens is 473 g/mol. The second kappa shape index (κ2) is 10.5. The number of nitrogens with one attached hydrogen (secondary N) is 2. The summed E-state index contributed by atoms with van der Waals surface area (Å²) >= 11 is 0. The lowest BCUT2D eigenvalue weighted by molar-refractivity contribution is -0.0559. The van der Waals surface area contributed by atoms with E-state index < -0.39 is 12.0 Å². The van der Waals surface area contributed by atoms with Gasteiger partial charge in [-0.05, 0) is 49.6 Å². The summed E-state index contributed by atoms with van der Waals surface area (Å²) in [4.78, 5) is 13.8. The van der Waals surface area contributed by atoms with Crippen LogP contribution in [0.25, 0.3) is 0 Å². The SMILES string of the molecule is CNc1ccc(C(O)N2CCC(N3Cc4cnc(Nc5ccc(F)c(OC)c5)nc4C3)C[C@H]2C)cc1N. The first kappa shape index (κ1) is 25.2. The summed E-state index contributed by atoms with van der Waals surface area (Å²) in [7, 11) is 3.27. The van der Waals surface area contributed by atoms with Crippen molar-refractivity contribution in [3.63, 3.8) is 0 Å². The van der Waals surface area contributed by atoms with Crippen LogP contribution in [-0.4, -0.2) is 57.7 Å². The molecule has 2 aliphatic heterocycles. The molecule has 0 aliphatic carbocycles. The number of anilines is 4. The Hall–Kier alpha value is -3.47. The molecule has 2 aromatic carbocycles. The predicted molar refractivity (Wildman–Crippen MR) is 142 cm³/mol. The summed E-state index contributed by atoms with van der Waals surface area (Å²) in [5.41, 5.74) is 11.2. The number of piperidine rings is 1. The van der Waals surface area contributed by atoms with Crippen molar-refractivity contribution in [2.75, 3.05) is 37.1 Å². The molecule has 2 unspecified atom stereocenters. The normalized spacial score (nSPS) is 20.9. The number of ether oxygens (including phenoxy) is 1. The fourth-order valence-corrected chi connectivity index (χ4v) is 5.38. The van der Waals surface area contributed by atoms with E-state index in [-0.39, 0.29) is 11.8 Å². The number of rotatable bonds is 7. The van der Waals surface area contributed by atoms with E-state index in [1.165, 1.54) is 13.2 Å². The van der Waals surface area contributed by atoms with Gasteiger partial charge in [0.25, 0.3) is 0 Å². The molecule has 3 aromatic rings. The predicted octanol–water partition coefficient (Wildman–Crippen LogP) is 3.85. The number of hydrogen-bond acceptors (Lipinski definition) is 9. The Morgan fingerprint density at radius 3 is 2.78 bits per heavy atom. The number of aliphatic hydroxyl groups is 1. The van der Waals surface area contributed by atoms with Gasteiger partial charge in [-0.1, -0.05) is 6.07 Å². The molecule has 0 spiro atoms. The third kappa shape index (κ3) is 5.18. The molecule has 2 aliphatic rings. The Balaban J connectivity index is 1.21. The minimum Gasteiger partial charge on any atom is -0.494 e. The third-order valence-electron chi connectivity index (χ3n) is 7.46. The van der Waals surface area contributed by atoms with E-state index in [0.717, 1.165) is 55.0 Å². The number of likely N-dealkylation sites (tertiary alicyclic amines) is 1. The molecule has 0 bridgehead atoms. The maximum absolute atomic E-state index is 13.7. The standard InChI is InChI=1S/C27H34FN7O2/c1-16-10-20(8-9-35(16)26(36)17-4-7-23(30-2)22(29)11-17)34-14-18-13-31-27(33-24(18)15-34)32-19-5-6-21(28)25(12-19)37-3/h4-7,11-13,16,20,26,30,36H,8-10,14-15,29H2,1-3H3,(H,31,32,33)/t16-,20?,26?/m1/s1. The number of halogens is 1. The molecule has 0 radical (unpaired) electrons. The molecule has 5 rings (SSSR count). The van der Waals surface area contributed by atoms with Crippen LogP contribution in [0.2, 0.25) is 0 Å². The first-order chi connectivity index (χ1) is 17.9. The number of hydrogen-bond donors (Lipinski definition) is 4. The quantitative estimate of drug-likeness (QED) is 0.354. The minimum atomic E-state index is -0.690. The Morgan fingerprint density at radius 1 is 1.22 bits per heavy atom. The van der Waals surface area contributed by atoms with Gasteiger partial charge in [-0.15, -0.1) is 0 Å². The molecule has 1 aromatic heterocycles. The van der Waals surface area contributed by atoms with Gasteiger partial charge < -0.3 is 26.2 Å². The highest BCUT2D eigenvalue weighted by Gasteiger charge is 2.35. The van der Waals surface area contributed by atoms with Crippen molar-refractivity contribution in [3.05, 3.63) is 65.2 Å². The van der Waals surface area contributed by atoms with Crippen LogP contribution in [0.5, 0.6) is 5.75 Å². The van der Waals surface area contributed by atoms with E-state index in [4.69, 9.17) is 15.5 Å². The topological polar surface area (TPSA) is 112 Å². The lowest BCUT2D eigenvalue weighted by Crippen LogP contribution is -2.48. The second-order valence-electron chi connectivity index (χ2n) is 9.78. The van der Waals surface area contributed by atoms with Crippen molar-refractivity contribution >= 4 is 23.0 Å². The van der Waals surface area contributed by atoms with Crippen LogP contribution in [0, 0.1) is 5.82 Å². The Kier molecular flexibility index (Phi) is 7.14. The third-order valence-corrected chi connectivity index (χ3v) is 7.46. The molecule has 1 fully saturated rings. The summed E-state index contributed by atoms with van der Waals surface area (Å²) in [5, 5.41) is 17.3. The van der Waals surface area contributed by atoms with Gasteiger partial charge in [0, 0.05) is 62.3 Å². The van der Waals surface area contributed by atoms with Crippen LogP contribution in [0.1, 0.15) is 42.8 Å². The fraction of sp³-hybridized carbons (Fsp3) is 0.407. The molecule has 37 heavy (non-hydrogen) atoms.